The average molecular weight is 439 g/mol. The zero-order valence-electron chi connectivity index (χ0n) is 14.1. The van der Waals surface area contributed by atoms with E-state index in [1.54, 1.807) is 48.8 Å². The molecule has 0 fully saturated rings. The van der Waals surface area contributed by atoms with Crippen LogP contribution in [0.1, 0.15) is 0 Å². The lowest BCUT2D eigenvalue weighted by Gasteiger charge is -2.10. The van der Waals surface area contributed by atoms with E-state index in [0.29, 0.717) is 17.1 Å². The first kappa shape index (κ1) is 17.7. The van der Waals surface area contributed by atoms with Crippen LogP contribution in [0.5, 0.6) is 11.6 Å². The molecule has 0 saturated carbocycles. The zero-order chi connectivity index (χ0) is 19.5. The van der Waals surface area contributed by atoms with Crippen molar-refractivity contribution in [3.63, 3.8) is 0 Å². The number of benzene rings is 1. The van der Waals surface area contributed by atoms with Gasteiger partial charge in [0, 0.05) is 22.3 Å². The summed E-state index contributed by atoms with van der Waals surface area (Å²) in [6.07, 6.45) is 4.36. The highest BCUT2D eigenvalue weighted by Gasteiger charge is 2.26. The summed E-state index contributed by atoms with van der Waals surface area (Å²) in [4.78, 5) is 27.4. The predicted octanol–water partition coefficient (Wildman–Crippen LogP) is 4.63. The van der Waals surface area contributed by atoms with E-state index in [4.69, 9.17) is 4.74 Å². The number of nitrogens with one attached hydrogen (secondary N) is 1. The number of hydrogen-bond acceptors (Lipinski definition) is 8. The van der Waals surface area contributed by atoms with E-state index in [1.165, 1.54) is 6.33 Å². The molecule has 4 rings (SSSR count). The molecule has 10 heteroatoms. The number of nitrogens with zero attached hydrogens (tertiary/aromatic N) is 5. The summed E-state index contributed by atoms with van der Waals surface area (Å²) in [6, 6.07) is 12.2. The second-order valence-corrected chi connectivity index (χ2v) is 6.37. The normalized spacial score (nSPS) is 10.6. The molecule has 0 spiro atoms. The summed E-state index contributed by atoms with van der Waals surface area (Å²) < 4.78 is 6.61. The van der Waals surface area contributed by atoms with Gasteiger partial charge in [0.15, 0.2) is 5.75 Å². The smallest absolute Gasteiger partial charge is 0.373 e. The van der Waals surface area contributed by atoms with Gasteiger partial charge >= 0.3 is 11.6 Å². The third-order valence-electron chi connectivity index (χ3n) is 3.77. The Morgan fingerprint density at radius 2 is 1.86 bits per heavy atom. The number of hydrogen-bond donors (Lipinski definition) is 1. The van der Waals surface area contributed by atoms with E-state index in [-0.39, 0.29) is 11.7 Å². The van der Waals surface area contributed by atoms with Crippen molar-refractivity contribution in [1.82, 2.24) is 19.9 Å². The minimum absolute atomic E-state index is 0.0249. The van der Waals surface area contributed by atoms with Gasteiger partial charge in [-0.05, 0) is 30.3 Å². The second kappa shape index (κ2) is 7.53. The molecule has 0 bridgehead atoms. The Balaban J connectivity index is 1.78. The van der Waals surface area contributed by atoms with Gasteiger partial charge < -0.3 is 10.1 Å². The fourth-order valence-electron chi connectivity index (χ4n) is 2.55. The van der Waals surface area contributed by atoms with Crippen molar-refractivity contribution in [2.75, 3.05) is 5.32 Å². The lowest BCUT2D eigenvalue weighted by atomic mass is 10.2. The van der Waals surface area contributed by atoms with Crippen molar-refractivity contribution < 1.29 is 9.66 Å². The molecule has 28 heavy (non-hydrogen) atoms. The van der Waals surface area contributed by atoms with Gasteiger partial charge in [-0.3, -0.25) is 15.1 Å². The SMILES string of the molecule is O=[N+]([O-])c1c(Nc2ccccn2)ncnc1Oc1ccc(Br)c2cccnc12. The Morgan fingerprint density at radius 3 is 2.64 bits per heavy atom. The molecule has 0 aliphatic carbocycles. The van der Waals surface area contributed by atoms with Crippen LogP contribution in [-0.4, -0.2) is 24.9 Å². The molecule has 4 aromatic rings. The van der Waals surface area contributed by atoms with Crippen LogP contribution in [0.4, 0.5) is 17.3 Å². The summed E-state index contributed by atoms with van der Waals surface area (Å²) in [6.45, 7) is 0. The minimum Gasteiger partial charge on any atom is -0.431 e. The number of aromatic nitrogens is 4. The Kier molecular flexibility index (Phi) is 4.77. The third-order valence-corrected chi connectivity index (χ3v) is 4.46. The van der Waals surface area contributed by atoms with Crippen LogP contribution in [0, 0.1) is 10.1 Å². The van der Waals surface area contributed by atoms with Crippen LogP contribution >= 0.6 is 15.9 Å². The number of ether oxygens (including phenoxy) is 1. The van der Waals surface area contributed by atoms with Crippen molar-refractivity contribution in [2.45, 2.75) is 0 Å². The lowest BCUT2D eigenvalue weighted by molar-refractivity contribution is -0.385. The molecule has 3 heterocycles. The minimum atomic E-state index is -0.602. The van der Waals surface area contributed by atoms with Gasteiger partial charge in [-0.1, -0.05) is 28.1 Å². The molecule has 0 amide bonds. The third kappa shape index (κ3) is 3.45. The van der Waals surface area contributed by atoms with Gasteiger partial charge in [-0.15, -0.1) is 0 Å². The number of anilines is 2. The van der Waals surface area contributed by atoms with Gasteiger partial charge in [0.1, 0.15) is 17.7 Å². The maximum Gasteiger partial charge on any atom is 0.373 e. The summed E-state index contributed by atoms with van der Waals surface area (Å²) in [5.41, 5.74) is 0.143. The summed E-state index contributed by atoms with van der Waals surface area (Å²) >= 11 is 3.46. The van der Waals surface area contributed by atoms with E-state index in [0.717, 1.165) is 9.86 Å². The summed E-state index contributed by atoms with van der Waals surface area (Å²) in [7, 11) is 0. The van der Waals surface area contributed by atoms with Gasteiger partial charge in [0.05, 0.1) is 4.92 Å². The fraction of sp³-hybridized carbons (Fsp3) is 0. The Hall–Kier alpha value is -3.66. The van der Waals surface area contributed by atoms with Crippen LogP contribution in [0.2, 0.25) is 0 Å². The zero-order valence-corrected chi connectivity index (χ0v) is 15.7. The van der Waals surface area contributed by atoms with Gasteiger partial charge in [-0.25, -0.2) is 9.97 Å². The highest BCUT2D eigenvalue weighted by Crippen LogP contribution is 2.38. The van der Waals surface area contributed by atoms with E-state index >= 15 is 0 Å². The fourth-order valence-corrected chi connectivity index (χ4v) is 3.00. The first-order valence-electron chi connectivity index (χ1n) is 8.02. The molecular weight excluding hydrogens is 428 g/mol. The van der Waals surface area contributed by atoms with Crippen molar-refractivity contribution in [1.29, 1.82) is 0 Å². The van der Waals surface area contributed by atoms with Crippen molar-refractivity contribution in [2.24, 2.45) is 0 Å². The standard InChI is InChI=1S/C18H11BrN6O3/c19-12-6-7-13(15-11(12)4-3-9-21-15)28-18-16(25(26)27)17(22-10-23-18)24-14-5-1-2-8-20-14/h1-10H,(H,20,22,23,24). The molecule has 0 radical (unpaired) electrons. The van der Waals surface area contributed by atoms with Crippen molar-refractivity contribution in [3.05, 3.63) is 75.8 Å². The van der Waals surface area contributed by atoms with Crippen LogP contribution < -0.4 is 10.1 Å². The van der Waals surface area contributed by atoms with E-state index < -0.39 is 10.6 Å². The number of halogens is 1. The quantitative estimate of drug-likeness (QED) is 0.354. The summed E-state index contributed by atoms with van der Waals surface area (Å²) in [5.74, 6) is 0.520. The topological polar surface area (TPSA) is 116 Å². The monoisotopic (exact) mass is 438 g/mol. The summed E-state index contributed by atoms with van der Waals surface area (Å²) in [5, 5.41) is 15.3. The molecule has 0 aliphatic heterocycles. The van der Waals surface area contributed by atoms with E-state index in [1.807, 2.05) is 6.07 Å². The van der Waals surface area contributed by atoms with Crippen LogP contribution in [0.25, 0.3) is 10.9 Å². The van der Waals surface area contributed by atoms with Crippen molar-refractivity contribution >= 4 is 44.2 Å². The van der Waals surface area contributed by atoms with E-state index in [2.05, 4.69) is 41.2 Å². The van der Waals surface area contributed by atoms with E-state index in [9.17, 15) is 10.1 Å². The lowest BCUT2D eigenvalue weighted by Crippen LogP contribution is -2.04. The predicted molar refractivity (Wildman–Crippen MR) is 106 cm³/mol. The molecule has 1 N–H and O–H groups in total. The number of nitro groups is 1. The van der Waals surface area contributed by atoms with Gasteiger partial charge in [0.2, 0.25) is 5.82 Å². The van der Waals surface area contributed by atoms with Crippen LogP contribution in [-0.2, 0) is 0 Å². The molecule has 1 aromatic carbocycles. The van der Waals surface area contributed by atoms with Gasteiger partial charge in [0.25, 0.3) is 0 Å². The first-order chi connectivity index (χ1) is 13.6. The highest BCUT2D eigenvalue weighted by atomic mass is 79.9. The Morgan fingerprint density at radius 1 is 1.00 bits per heavy atom. The first-order valence-corrected chi connectivity index (χ1v) is 8.81. The number of rotatable bonds is 5. The van der Waals surface area contributed by atoms with Crippen LogP contribution in [0.15, 0.2) is 65.7 Å². The molecule has 3 aromatic heterocycles. The molecule has 0 unspecified atom stereocenters. The Labute approximate surface area is 166 Å². The largest absolute Gasteiger partial charge is 0.431 e. The molecule has 0 saturated heterocycles. The maximum atomic E-state index is 11.7. The van der Waals surface area contributed by atoms with Crippen molar-refractivity contribution in [3.8, 4) is 11.6 Å². The second-order valence-electron chi connectivity index (χ2n) is 5.52. The average Bonchev–Trinajstić information content (AvgIpc) is 2.71. The molecule has 0 aliphatic rings. The van der Waals surface area contributed by atoms with Crippen LogP contribution in [0.3, 0.4) is 0 Å². The highest BCUT2D eigenvalue weighted by molar-refractivity contribution is 9.10. The number of pyridine rings is 2. The number of fused-ring (bicyclic) bond motifs is 1. The molecule has 0 atom stereocenters. The Bertz CT molecular complexity index is 1170. The molecule has 9 nitrogen and oxygen atoms in total. The molecular formula is C18H11BrN6O3. The van der Waals surface area contributed by atoms with Gasteiger partial charge in [-0.2, -0.15) is 4.98 Å². The maximum absolute atomic E-state index is 11.7. The molecule has 138 valence electrons.